The zero-order valence-electron chi connectivity index (χ0n) is 19.6. The third-order valence-corrected chi connectivity index (χ3v) is 6.91. The van der Waals surface area contributed by atoms with Gasteiger partial charge in [-0.2, -0.15) is 0 Å². The van der Waals surface area contributed by atoms with E-state index in [4.69, 9.17) is 0 Å². The van der Waals surface area contributed by atoms with E-state index < -0.39 is 16.1 Å². The topological polar surface area (TPSA) is 106 Å². The fourth-order valence-corrected chi connectivity index (χ4v) is 4.82. The molecule has 0 aliphatic carbocycles. The molecule has 2 aromatic carbocycles. The molecule has 0 aliphatic rings. The van der Waals surface area contributed by atoms with E-state index in [1.54, 1.807) is 12.1 Å². The number of urea groups is 1. The average molecular weight is 478 g/mol. The lowest BCUT2D eigenvalue weighted by molar-refractivity contribution is 0.246. The van der Waals surface area contributed by atoms with E-state index in [-0.39, 0.29) is 4.90 Å². The minimum absolute atomic E-state index is 0.0485. The van der Waals surface area contributed by atoms with Gasteiger partial charge in [-0.1, -0.05) is 29.8 Å². The van der Waals surface area contributed by atoms with Crippen LogP contribution in [0.1, 0.15) is 28.3 Å². The minimum atomic E-state index is -3.91. The summed E-state index contributed by atoms with van der Waals surface area (Å²) in [6.45, 7) is 8.06. The number of nitrogens with zero attached hydrogens (tertiary/aromatic N) is 3. The number of aryl methyl sites for hydroxylation is 4. The number of amides is 2. The highest BCUT2D eigenvalue weighted by Crippen LogP contribution is 2.24. The molecule has 9 heteroatoms. The van der Waals surface area contributed by atoms with Crippen LogP contribution in [0.25, 0.3) is 16.7 Å². The number of carbonyl (C=O) groups excluding carboxylic acids is 1. The van der Waals surface area contributed by atoms with E-state index in [0.717, 1.165) is 45.1 Å². The van der Waals surface area contributed by atoms with Crippen molar-refractivity contribution in [3.05, 3.63) is 82.9 Å². The van der Waals surface area contributed by atoms with Gasteiger partial charge in [0.1, 0.15) is 11.3 Å². The number of aromatic nitrogens is 3. The van der Waals surface area contributed by atoms with Crippen molar-refractivity contribution in [2.75, 3.05) is 6.54 Å². The summed E-state index contributed by atoms with van der Waals surface area (Å²) >= 11 is 0. The molecule has 8 nitrogen and oxygen atoms in total. The van der Waals surface area contributed by atoms with Crippen molar-refractivity contribution in [1.29, 1.82) is 0 Å². The number of hydrogen-bond donors (Lipinski definition) is 2. The van der Waals surface area contributed by atoms with Gasteiger partial charge >= 0.3 is 6.03 Å². The SMILES string of the molecule is Cc1ccc(S(=O)(=O)NC(=O)NCCc2ccc(-n3c(C)nc4c(C)nc(C)cc43)cc2)cc1. The van der Waals surface area contributed by atoms with Crippen molar-refractivity contribution in [1.82, 2.24) is 24.6 Å². The van der Waals surface area contributed by atoms with Crippen LogP contribution >= 0.6 is 0 Å². The number of hydrogen-bond acceptors (Lipinski definition) is 5. The van der Waals surface area contributed by atoms with Crippen LogP contribution in [0.2, 0.25) is 0 Å². The number of pyridine rings is 1. The van der Waals surface area contributed by atoms with Crippen LogP contribution in [0.15, 0.2) is 59.5 Å². The van der Waals surface area contributed by atoms with Gasteiger partial charge in [0.2, 0.25) is 0 Å². The van der Waals surface area contributed by atoms with Gasteiger partial charge in [-0.15, -0.1) is 0 Å². The highest BCUT2D eigenvalue weighted by atomic mass is 32.2. The van der Waals surface area contributed by atoms with Crippen molar-refractivity contribution in [3.63, 3.8) is 0 Å². The van der Waals surface area contributed by atoms with E-state index >= 15 is 0 Å². The molecule has 176 valence electrons. The van der Waals surface area contributed by atoms with Crippen molar-refractivity contribution < 1.29 is 13.2 Å². The third-order valence-electron chi connectivity index (χ3n) is 5.57. The van der Waals surface area contributed by atoms with Gasteiger partial charge < -0.3 is 5.32 Å². The molecule has 4 aromatic rings. The average Bonchev–Trinajstić information content (AvgIpc) is 3.10. The maximum absolute atomic E-state index is 12.3. The van der Waals surface area contributed by atoms with Crippen molar-refractivity contribution in [3.8, 4) is 5.69 Å². The van der Waals surface area contributed by atoms with Crippen molar-refractivity contribution in [2.24, 2.45) is 0 Å². The largest absolute Gasteiger partial charge is 0.337 e. The normalized spacial score (nSPS) is 11.5. The molecule has 0 saturated heterocycles. The number of imidazole rings is 1. The number of rotatable bonds is 6. The molecular formula is C25H27N5O3S. The van der Waals surface area contributed by atoms with Gasteiger partial charge in [-0.05, 0) is 70.0 Å². The van der Waals surface area contributed by atoms with Gasteiger partial charge in [0.25, 0.3) is 10.0 Å². The molecule has 0 bridgehead atoms. The zero-order valence-corrected chi connectivity index (χ0v) is 20.4. The monoisotopic (exact) mass is 477 g/mol. The van der Waals surface area contributed by atoms with E-state index in [1.165, 1.54) is 12.1 Å². The van der Waals surface area contributed by atoms with Gasteiger partial charge in [0.15, 0.2) is 0 Å². The first-order valence-electron chi connectivity index (χ1n) is 10.9. The Balaban J connectivity index is 1.39. The van der Waals surface area contributed by atoms with Crippen LogP contribution in [-0.2, 0) is 16.4 Å². The van der Waals surface area contributed by atoms with Crippen LogP contribution < -0.4 is 10.0 Å². The second kappa shape index (κ2) is 9.26. The maximum Gasteiger partial charge on any atom is 0.328 e. The van der Waals surface area contributed by atoms with Crippen LogP contribution in [0.5, 0.6) is 0 Å². The lowest BCUT2D eigenvalue weighted by Gasteiger charge is -2.10. The molecule has 2 N–H and O–H groups in total. The van der Waals surface area contributed by atoms with Gasteiger partial charge in [0, 0.05) is 17.9 Å². The van der Waals surface area contributed by atoms with Gasteiger partial charge in [-0.3, -0.25) is 9.55 Å². The Bertz CT molecular complexity index is 1460. The Morgan fingerprint density at radius 1 is 0.941 bits per heavy atom. The standard InChI is InChI=1S/C25H27N5O3S/c1-16-5-11-22(12-6-16)34(32,33)29-25(31)26-14-13-20-7-9-21(10-8-20)30-19(4)28-24-18(3)27-17(2)15-23(24)30/h5-12,15H,13-14H2,1-4H3,(H2,26,29,31). The molecular weight excluding hydrogens is 450 g/mol. The van der Waals surface area contributed by atoms with E-state index in [1.807, 2.05) is 62.7 Å². The molecule has 0 aliphatic heterocycles. The molecule has 0 unspecified atom stereocenters. The first-order chi connectivity index (χ1) is 16.1. The van der Waals surface area contributed by atoms with Gasteiger partial charge in [-0.25, -0.2) is 22.9 Å². The van der Waals surface area contributed by atoms with Crippen molar-refractivity contribution >= 4 is 27.1 Å². The summed E-state index contributed by atoms with van der Waals surface area (Å²) in [6.07, 6.45) is 0.560. The Morgan fingerprint density at radius 3 is 2.29 bits per heavy atom. The van der Waals surface area contributed by atoms with Crippen molar-refractivity contribution in [2.45, 2.75) is 39.0 Å². The Labute approximate surface area is 199 Å². The molecule has 34 heavy (non-hydrogen) atoms. The predicted octanol–water partition coefficient (Wildman–Crippen LogP) is 3.88. The fourth-order valence-electron chi connectivity index (χ4n) is 3.89. The molecule has 0 spiro atoms. The smallest absolute Gasteiger partial charge is 0.328 e. The fraction of sp³-hybridized carbons (Fsp3) is 0.240. The Morgan fingerprint density at radius 2 is 1.62 bits per heavy atom. The molecule has 0 saturated carbocycles. The summed E-state index contributed by atoms with van der Waals surface area (Å²) in [5.74, 6) is 0.881. The summed E-state index contributed by atoms with van der Waals surface area (Å²) in [5, 5.41) is 2.60. The minimum Gasteiger partial charge on any atom is -0.337 e. The maximum atomic E-state index is 12.3. The second-order valence-electron chi connectivity index (χ2n) is 8.30. The summed E-state index contributed by atoms with van der Waals surface area (Å²) in [6, 6.07) is 15.6. The number of sulfonamides is 1. The quantitative estimate of drug-likeness (QED) is 0.438. The van der Waals surface area contributed by atoms with E-state index in [9.17, 15) is 13.2 Å². The molecule has 2 heterocycles. The summed E-state index contributed by atoms with van der Waals surface area (Å²) in [4.78, 5) is 21.3. The van der Waals surface area contributed by atoms with E-state index in [2.05, 4.69) is 19.9 Å². The summed E-state index contributed by atoms with van der Waals surface area (Å²) < 4.78 is 28.8. The molecule has 0 atom stereocenters. The van der Waals surface area contributed by atoms with E-state index in [0.29, 0.717) is 13.0 Å². The molecule has 0 fully saturated rings. The molecule has 0 radical (unpaired) electrons. The first kappa shape index (κ1) is 23.4. The molecule has 2 amide bonds. The Kier molecular flexibility index (Phi) is 6.39. The number of nitrogens with one attached hydrogen (secondary N) is 2. The summed E-state index contributed by atoms with van der Waals surface area (Å²) in [5.41, 5.74) is 6.70. The highest BCUT2D eigenvalue weighted by Gasteiger charge is 2.17. The van der Waals surface area contributed by atoms with Crippen LogP contribution in [0.4, 0.5) is 4.79 Å². The van der Waals surface area contributed by atoms with Crippen LogP contribution in [0, 0.1) is 27.7 Å². The second-order valence-corrected chi connectivity index (χ2v) is 9.98. The zero-order chi connectivity index (χ0) is 24.5. The number of benzene rings is 2. The predicted molar refractivity (Wildman–Crippen MR) is 132 cm³/mol. The Hall–Kier alpha value is -3.72. The van der Waals surface area contributed by atoms with Crippen LogP contribution in [-0.4, -0.2) is 35.5 Å². The molecule has 2 aromatic heterocycles. The lowest BCUT2D eigenvalue weighted by atomic mass is 10.1. The number of fused-ring (bicyclic) bond motifs is 1. The van der Waals surface area contributed by atoms with Gasteiger partial charge in [0.05, 0.1) is 16.1 Å². The van der Waals surface area contributed by atoms with Crippen LogP contribution in [0.3, 0.4) is 0 Å². The number of carbonyl (C=O) groups is 1. The third kappa shape index (κ3) is 4.94. The summed E-state index contributed by atoms with van der Waals surface area (Å²) in [7, 11) is -3.91. The first-order valence-corrected chi connectivity index (χ1v) is 12.4. The lowest BCUT2D eigenvalue weighted by Crippen LogP contribution is -2.40. The molecule has 4 rings (SSSR count). The highest BCUT2D eigenvalue weighted by molar-refractivity contribution is 7.90.